The molecule has 1 aliphatic rings. The third-order valence-electron chi connectivity index (χ3n) is 5.26. The number of benzene rings is 2. The molecule has 0 radical (unpaired) electrons. The monoisotopic (exact) mass is 520 g/mol. The lowest BCUT2D eigenvalue weighted by Gasteiger charge is -2.33. The van der Waals surface area contributed by atoms with E-state index in [0.717, 1.165) is 61.3 Å². The Kier molecular flexibility index (Phi) is 6.81. The number of alkyl halides is 3. The van der Waals surface area contributed by atoms with Crippen molar-refractivity contribution < 1.29 is 26.3 Å². The first-order valence-electron chi connectivity index (χ1n) is 9.83. The largest absolute Gasteiger partial charge is 0.573 e. The van der Waals surface area contributed by atoms with Crippen LogP contribution in [0, 0.1) is 20.8 Å². The highest BCUT2D eigenvalue weighted by molar-refractivity contribution is 9.10. The molecule has 0 unspecified atom stereocenters. The summed E-state index contributed by atoms with van der Waals surface area (Å²) in [5.41, 5.74) is 3.80. The smallest absolute Gasteiger partial charge is 0.404 e. The number of halogens is 4. The highest BCUT2D eigenvalue weighted by atomic mass is 79.9. The number of sulfonamides is 1. The molecule has 0 aromatic heterocycles. The molecule has 1 fully saturated rings. The molecule has 2 aromatic rings. The zero-order valence-electron chi connectivity index (χ0n) is 17.4. The van der Waals surface area contributed by atoms with Crippen molar-refractivity contribution >= 4 is 37.3 Å². The Morgan fingerprint density at radius 3 is 2.29 bits per heavy atom. The van der Waals surface area contributed by atoms with E-state index in [0.29, 0.717) is 11.3 Å². The summed E-state index contributed by atoms with van der Waals surface area (Å²) in [6.45, 7) is 7.34. The van der Waals surface area contributed by atoms with Crippen LogP contribution in [0.4, 0.5) is 24.5 Å². The Morgan fingerprint density at radius 2 is 1.68 bits per heavy atom. The van der Waals surface area contributed by atoms with Crippen LogP contribution in [-0.4, -0.2) is 27.9 Å². The van der Waals surface area contributed by atoms with Gasteiger partial charge < -0.3 is 9.64 Å². The number of anilines is 2. The normalized spacial score (nSPS) is 15.1. The molecule has 1 saturated heterocycles. The van der Waals surface area contributed by atoms with Crippen molar-refractivity contribution in [2.24, 2.45) is 0 Å². The molecule has 0 bridgehead atoms. The van der Waals surface area contributed by atoms with Crippen LogP contribution in [0.25, 0.3) is 0 Å². The standard InChI is InChI=1S/C21H24BrF3N2O3S/c1-13-11-14(2)20(27-9-5-4-6-10-27)15(3)19(13)26-31(28,29)18-8-7-16(22)12-17(18)30-21(23,24)25/h7-8,11-12,26H,4-6,9-10H2,1-3H3. The zero-order chi connectivity index (χ0) is 23.0. The summed E-state index contributed by atoms with van der Waals surface area (Å²) in [5.74, 6) is -0.798. The molecule has 3 rings (SSSR count). The minimum Gasteiger partial charge on any atom is -0.404 e. The number of hydrogen-bond acceptors (Lipinski definition) is 4. The molecule has 0 saturated carbocycles. The highest BCUT2D eigenvalue weighted by Crippen LogP contribution is 2.38. The topological polar surface area (TPSA) is 58.6 Å². The van der Waals surface area contributed by atoms with E-state index in [1.807, 2.05) is 19.9 Å². The van der Waals surface area contributed by atoms with Crippen molar-refractivity contribution in [1.82, 2.24) is 0 Å². The quantitative estimate of drug-likeness (QED) is 0.520. The fourth-order valence-corrected chi connectivity index (χ4v) is 5.68. The number of hydrogen-bond donors (Lipinski definition) is 1. The van der Waals surface area contributed by atoms with E-state index in [4.69, 9.17) is 0 Å². The molecule has 5 nitrogen and oxygen atoms in total. The second-order valence-corrected chi connectivity index (χ2v) is 10.2. The van der Waals surface area contributed by atoms with Crippen molar-refractivity contribution in [1.29, 1.82) is 0 Å². The molecule has 170 valence electrons. The third kappa shape index (κ3) is 5.46. The van der Waals surface area contributed by atoms with Crippen LogP contribution in [0.15, 0.2) is 33.6 Å². The van der Waals surface area contributed by atoms with Gasteiger partial charge in [-0.05, 0) is 74.9 Å². The van der Waals surface area contributed by atoms with Crippen molar-refractivity contribution in [3.63, 3.8) is 0 Å². The van der Waals surface area contributed by atoms with Crippen LogP contribution in [0.3, 0.4) is 0 Å². The van der Waals surface area contributed by atoms with E-state index in [2.05, 4.69) is 30.3 Å². The average Bonchev–Trinajstić information content (AvgIpc) is 2.64. The maximum Gasteiger partial charge on any atom is 0.573 e. The van der Waals surface area contributed by atoms with Crippen LogP contribution in [-0.2, 0) is 10.0 Å². The summed E-state index contributed by atoms with van der Waals surface area (Å²) in [5, 5.41) is 0. The summed E-state index contributed by atoms with van der Waals surface area (Å²) in [4.78, 5) is 1.65. The van der Waals surface area contributed by atoms with E-state index in [1.54, 1.807) is 6.92 Å². The van der Waals surface area contributed by atoms with Gasteiger partial charge in [-0.15, -0.1) is 13.2 Å². The number of ether oxygens (including phenoxy) is 1. The van der Waals surface area contributed by atoms with Gasteiger partial charge in [0.1, 0.15) is 4.90 Å². The van der Waals surface area contributed by atoms with Crippen LogP contribution in [0.2, 0.25) is 0 Å². The molecule has 1 aliphatic heterocycles. The fourth-order valence-electron chi connectivity index (χ4n) is 4.03. The maximum atomic E-state index is 13.1. The Bertz CT molecular complexity index is 1080. The molecule has 2 aromatic carbocycles. The van der Waals surface area contributed by atoms with Gasteiger partial charge in [-0.2, -0.15) is 0 Å². The fraction of sp³-hybridized carbons (Fsp3) is 0.429. The number of rotatable bonds is 5. The third-order valence-corrected chi connectivity index (χ3v) is 7.14. The van der Waals surface area contributed by atoms with Gasteiger partial charge in [0.2, 0.25) is 0 Å². The van der Waals surface area contributed by atoms with Gasteiger partial charge in [0.25, 0.3) is 10.0 Å². The molecule has 1 N–H and O–H groups in total. The molecule has 0 amide bonds. The highest BCUT2D eigenvalue weighted by Gasteiger charge is 2.34. The molecule has 1 heterocycles. The van der Waals surface area contributed by atoms with Gasteiger partial charge in [-0.1, -0.05) is 22.0 Å². The predicted octanol–water partition coefficient (Wildman–Crippen LogP) is 6.06. The Hall–Kier alpha value is -1.94. The predicted molar refractivity (Wildman–Crippen MR) is 118 cm³/mol. The van der Waals surface area contributed by atoms with E-state index in [-0.39, 0.29) is 4.47 Å². The number of piperidine rings is 1. The maximum absolute atomic E-state index is 13.1. The first-order valence-corrected chi connectivity index (χ1v) is 12.1. The summed E-state index contributed by atoms with van der Waals surface area (Å²) < 4.78 is 71.5. The van der Waals surface area contributed by atoms with Gasteiger partial charge in [0.05, 0.1) is 5.69 Å². The second-order valence-electron chi connectivity index (χ2n) is 7.65. The van der Waals surface area contributed by atoms with E-state index in [1.165, 1.54) is 6.07 Å². The van der Waals surface area contributed by atoms with Gasteiger partial charge in [-0.25, -0.2) is 8.42 Å². The number of nitrogens with one attached hydrogen (secondary N) is 1. The molecule has 0 atom stereocenters. The van der Waals surface area contributed by atoms with E-state index in [9.17, 15) is 21.6 Å². The van der Waals surface area contributed by atoms with Crippen LogP contribution >= 0.6 is 15.9 Å². The van der Waals surface area contributed by atoms with Gasteiger partial charge in [-0.3, -0.25) is 4.72 Å². The Balaban J connectivity index is 2.04. The molecule has 10 heteroatoms. The van der Waals surface area contributed by atoms with Crippen molar-refractivity contribution in [2.45, 2.75) is 51.3 Å². The zero-order valence-corrected chi connectivity index (χ0v) is 19.8. The van der Waals surface area contributed by atoms with Crippen LogP contribution in [0.1, 0.15) is 36.0 Å². The molecular formula is C21H24BrF3N2O3S. The molecule has 0 spiro atoms. The lowest BCUT2D eigenvalue weighted by atomic mass is 9.99. The van der Waals surface area contributed by atoms with E-state index >= 15 is 0 Å². The Morgan fingerprint density at radius 1 is 1.03 bits per heavy atom. The minimum atomic E-state index is -5.03. The summed E-state index contributed by atoms with van der Waals surface area (Å²) in [6, 6.07) is 5.31. The molecule has 0 aliphatic carbocycles. The lowest BCUT2D eigenvalue weighted by molar-refractivity contribution is -0.275. The second kappa shape index (κ2) is 8.90. The van der Waals surface area contributed by atoms with Crippen LogP contribution < -0.4 is 14.4 Å². The average molecular weight is 521 g/mol. The Labute approximate surface area is 188 Å². The number of nitrogens with zero attached hydrogens (tertiary/aromatic N) is 1. The van der Waals surface area contributed by atoms with Crippen molar-refractivity contribution in [2.75, 3.05) is 22.7 Å². The summed E-state index contributed by atoms with van der Waals surface area (Å²) >= 11 is 3.05. The van der Waals surface area contributed by atoms with Gasteiger partial charge in [0, 0.05) is 23.2 Å². The minimum absolute atomic E-state index is 0.265. The summed E-state index contributed by atoms with van der Waals surface area (Å²) in [7, 11) is -4.35. The van der Waals surface area contributed by atoms with Gasteiger partial charge in [0.15, 0.2) is 5.75 Å². The van der Waals surface area contributed by atoms with Crippen molar-refractivity contribution in [3.05, 3.63) is 45.4 Å². The SMILES string of the molecule is Cc1cc(C)c(N2CCCCC2)c(C)c1NS(=O)(=O)c1ccc(Br)cc1OC(F)(F)F. The first-order chi connectivity index (χ1) is 14.4. The first kappa shape index (κ1) is 23.7. The summed E-state index contributed by atoms with van der Waals surface area (Å²) in [6.07, 6.45) is -1.75. The van der Waals surface area contributed by atoms with Crippen molar-refractivity contribution in [3.8, 4) is 5.75 Å². The van der Waals surface area contributed by atoms with E-state index < -0.39 is 27.0 Å². The van der Waals surface area contributed by atoms with Gasteiger partial charge >= 0.3 is 6.36 Å². The molecule has 31 heavy (non-hydrogen) atoms. The lowest BCUT2D eigenvalue weighted by Crippen LogP contribution is -2.31. The number of aryl methyl sites for hydroxylation is 2. The molecular weight excluding hydrogens is 497 g/mol. The van der Waals surface area contributed by atoms with Crippen LogP contribution in [0.5, 0.6) is 5.75 Å².